The third-order valence-corrected chi connectivity index (χ3v) is 3.59. The molecule has 0 aliphatic carbocycles. The summed E-state index contributed by atoms with van der Waals surface area (Å²) < 4.78 is 0. The molecule has 17 heavy (non-hydrogen) atoms. The van der Waals surface area contributed by atoms with Crippen LogP contribution >= 0.6 is 23.4 Å². The topological polar surface area (TPSA) is 55.1 Å². The van der Waals surface area contributed by atoms with Crippen LogP contribution < -0.4 is 11.1 Å². The molecule has 0 spiro atoms. The summed E-state index contributed by atoms with van der Waals surface area (Å²) in [6.45, 7) is 4.06. The van der Waals surface area contributed by atoms with Gasteiger partial charge in [0.1, 0.15) is 0 Å². The van der Waals surface area contributed by atoms with Crippen molar-refractivity contribution >= 4 is 35.0 Å². The van der Waals surface area contributed by atoms with Crippen molar-refractivity contribution in [3.05, 3.63) is 28.8 Å². The van der Waals surface area contributed by atoms with E-state index in [2.05, 4.69) is 12.2 Å². The molecule has 0 radical (unpaired) electrons. The minimum absolute atomic E-state index is 0.117. The predicted molar refractivity (Wildman–Crippen MR) is 75.8 cm³/mol. The van der Waals surface area contributed by atoms with Crippen molar-refractivity contribution in [2.75, 3.05) is 17.2 Å². The van der Waals surface area contributed by atoms with Gasteiger partial charge in [0.2, 0.25) is 0 Å². The van der Waals surface area contributed by atoms with Crippen LogP contribution in [0.5, 0.6) is 0 Å². The molecule has 0 saturated heterocycles. The van der Waals surface area contributed by atoms with E-state index in [0.29, 0.717) is 16.3 Å². The minimum atomic E-state index is -0.172. The van der Waals surface area contributed by atoms with E-state index in [1.807, 2.05) is 6.92 Å². The molecule has 1 unspecified atom stereocenters. The standard InChI is InChI=1S/C12H17ClN2OS/c1-3-17-7-8(2)15-12(16)10-6-9(13)4-5-11(10)14/h4-6,8H,3,7,14H2,1-2H3,(H,15,16). The highest BCUT2D eigenvalue weighted by Gasteiger charge is 2.12. The van der Waals surface area contributed by atoms with Gasteiger partial charge in [-0.25, -0.2) is 0 Å². The molecule has 0 bridgehead atoms. The van der Waals surface area contributed by atoms with Crippen molar-refractivity contribution in [2.24, 2.45) is 0 Å². The molecule has 0 aromatic heterocycles. The van der Waals surface area contributed by atoms with E-state index < -0.39 is 0 Å². The number of nitrogen functional groups attached to an aromatic ring is 1. The van der Waals surface area contributed by atoms with Crippen molar-refractivity contribution in [1.29, 1.82) is 0 Å². The number of rotatable bonds is 5. The van der Waals surface area contributed by atoms with Crippen LogP contribution in [-0.4, -0.2) is 23.5 Å². The molecule has 94 valence electrons. The maximum absolute atomic E-state index is 11.9. The average molecular weight is 273 g/mol. The largest absolute Gasteiger partial charge is 0.398 e. The maximum Gasteiger partial charge on any atom is 0.253 e. The van der Waals surface area contributed by atoms with Gasteiger partial charge in [-0.3, -0.25) is 4.79 Å². The smallest absolute Gasteiger partial charge is 0.253 e. The van der Waals surface area contributed by atoms with Gasteiger partial charge in [0.25, 0.3) is 5.91 Å². The lowest BCUT2D eigenvalue weighted by Gasteiger charge is -2.14. The molecule has 0 heterocycles. The summed E-state index contributed by atoms with van der Waals surface area (Å²) in [5.41, 5.74) is 6.62. The lowest BCUT2D eigenvalue weighted by Crippen LogP contribution is -2.34. The van der Waals surface area contributed by atoms with Gasteiger partial charge in [0.05, 0.1) is 5.56 Å². The van der Waals surface area contributed by atoms with Crippen LogP contribution in [0.2, 0.25) is 5.02 Å². The van der Waals surface area contributed by atoms with Crippen molar-refractivity contribution in [2.45, 2.75) is 19.9 Å². The molecule has 1 rings (SSSR count). The van der Waals surface area contributed by atoms with Gasteiger partial charge >= 0.3 is 0 Å². The molecule has 0 fully saturated rings. The Labute approximate surface area is 111 Å². The first kappa shape index (κ1) is 14.2. The molecule has 0 aliphatic rings. The van der Waals surface area contributed by atoms with E-state index in [4.69, 9.17) is 17.3 Å². The molecule has 0 aliphatic heterocycles. The van der Waals surface area contributed by atoms with E-state index in [1.165, 1.54) is 0 Å². The molecular formula is C12H17ClN2OS. The van der Waals surface area contributed by atoms with E-state index in [1.54, 1.807) is 30.0 Å². The molecule has 5 heteroatoms. The zero-order valence-corrected chi connectivity index (χ0v) is 11.6. The lowest BCUT2D eigenvalue weighted by atomic mass is 10.1. The number of benzene rings is 1. The first-order chi connectivity index (χ1) is 8.04. The molecule has 1 aromatic rings. The van der Waals surface area contributed by atoms with Gasteiger partial charge in [-0.15, -0.1) is 0 Å². The summed E-state index contributed by atoms with van der Waals surface area (Å²) >= 11 is 7.63. The minimum Gasteiger partial charge on any atom is -0.398 e. The maximum atomic E-state index is 11.9. The average Bonchev–Trinajstić information content (AvgIpc) is 2.29. The number of amides is 1. The number of hydrogen-bond donors (Lipinski definition) is 2. The van der Waals surface area contributed by atoms with E-state index in [-0.39, 0.29) is 11.9 Å². The van der Waals surface area contributed by atoms with E-state index in [0.717, 1.165) is 11.5 Å². The fourth-order valence-electron chi connectivity index (χ4n) is 1.36. The second-order valence-electron chi connectivity index (χ2n) is 3.77. The Balaban J connectivity index is 2.66. The predicted octanol–water partition coefficient (Wildman–Crippen LogP) is 2.79. The summed E-state index contributed by atoms with van der Waals surface area (Å²) in [4.78, 5) is 11.9. The summed E-state index contributed by atoms with van der Waals surface area (Å²) in [7, 11) is 0. The van der Waals surface area contributed by atoms with Crippen molar-refractivity contribution in [3.8, 4) is 0 Å². The fourth-order valence-corrected chi connectivity index (χ4v) is 2.21. The Bertz CT molecular complexity index is 398. The van der Waals surface area contributed by atoms with Gasteiger partial charge in [-0.2, -0.15) is 11.8 Å². The number of hydrogen-bond acceptors (Lipinski definition) is 3. The number of nitrogens with two attached hydrogens (primary N) is 1. The summed E-state index contributed by atoms with van der Waals surface area (Å²) in [5, 5.41) is 3.41. The number of carbonyl (C=O) groups is 1. The van der Waals surface area contributed by atoms with Crippen LogP contribution in [0.4, 0.5) is 5.69 Å². The van der Waals surface area contributed by atoms with Gasteiger partial charge in [0, 0.05) is 22.5 Å². The summed E-state index contributed by atoms with van der Waals surface area (Å²) in [5.74, 6) is 1.76. The number of anilines is 1. The highest BCUT2D eigenvalue weighted by Crippen LogP contribution is 2.18. The lowest BCUT2D eigenvalue weighted by molar-refractivity contribution is 0.0944. The summed E-state index contributed by atoms with van der Waals surface area (Å²) in [6, 6.07) is 5.02. The normalized spacial score (nSPS) is 12.2. The number of carbonyl (C=O) groups excluding carboxylic acids is 1. The third-order valence-electron chi connectivity index (χ3n) is 2.21. The quantitative estimate of drug-likeness (QED) is 0.811. The van der Waals surface area contributed by atoms with E-state index >= 15 is 0 Å². The first-order valence-corrected chi connectivity index (χ1v) is 7.01. The van der Waals surface area contributed by atoms with Crippen LogP contribution in [0, 0.1) is 0 Å². The second-order valence-corrected chi connectivity index (χ2v) is 5.52. The monoisotopic (exact) mass is 272 g/mol. The molecule has 1 amide bonds. The first-order valence-electron chi connectivity index (χ1n) is 5.48. The molecule has 1 aromatic carbocycles. The fraction of sp³-hybridized carbons (Fsp3) is 0.417. The van der Waals surface area contributed by atoms with Crippen molar-refractivity contribution in [3.63, 3.8) is 0 Å². The van der Waals surface area contributed by atoms with E-state index in [9.17, 15) is 4.79 Å². The molecule has 0 saturated carbocycles. The van der Waals surface area contributed by atoms with Crippen molar-refractivity contribution < 1.29 is 4.79 Å². The SMILES string of the molecule is CCSCC(C)NC(=O)c1cc(Cl)ccc1N. The Morgan fingerprint density at radius 1 is 1.59 bits per heavy atom. The van der Waals surface area contributed by atoms with Crippen molar-refractivity contribution in [1.82, 2.24) is 5.32 Å². The van der Waals surface area contributed by atoms with Gasteiger partial charge in [-0.1, -0.05) is 18.5 Å². The van der Waals surface area contributed by atoms with Gasteiger partial charge < -0.3 is 11.1 Å². The van der Waals surface area contributed by atoms with Crippen LogP contribution in [0.1, 0.15) is 24.2 Å². The van der Waals surface area contributed by atoms with Gasteiger partial charge in [0.15, 0.2) is 0 Å². The molecule has 1 atom stereocenters. The molecule has 3 nitrogen and oxygen atoms in total. The Hall–Kier alpha value is -0.870. The second kappa shape index (κ2) is 6.77. The number of thioether (sulfide) groups is 1. The Morgan fingerprint density at radius 2 is 2.29 bits per heavy atom. The van der Waals surface area contributed by atoms with Crippen LogP contribution in [0.15, 0.2) is 18.2 Å². The molecular weight excluding hydrogens is 256 g/mol. The summed E-state index contributed by atoms with van der Waals surface area (Å²) in [6.07, 6.45) is 0. The zero-order valence-electron chi connectivity index (χ0n) is 10.00. The number of nitrogens with one attached hydrogen (secondary N) is 1. The highest BCUT2D eigenvalue weighted by atomic mass is 35.5. The number of halogens is 1. The molecule has 3 N–H and O–H groups in total. The third kappa shape index (κ3) is 4.48. The zero-order chi connectivity index (χ0) is 12.8. The van der Waals surface area contributed by atoms with Crippen LogP contribution in [0.3, 0.4) is 0 Å². The van der Waals surface area contributed by atoms with Crippen LogP contribution in [0.25, 0.3) is 0 Å². The van der Waals surface area contributed by atoms with Gasteiger partial charge in [-0.05, 0) is 30.9 Å². The van der Waals surface area contributed by atoms with Crippen LogP contribution in [-0.2, 0) is 0 Å². The highest BCUT2D eigenvalue weighted by molar-refractivity contribution is 7.99. The Morgan fingerprint density at radius 3 is 2.94 bits per heavy atom. The Kier molecular flexibility index (Phi) is 5.65.